The second-order valence-corrected chi connectivity index (χ2v) is 16.9. The number of esters is 1. The molecule has 9 heteroatoms. The Kier molecular flexibility index (Phi) is 21.2. The molecule has 0 spiro atoms. The molecular formula is C51H74O9. The first kappa shape index (κ1) is 47.6. The fourth-order valence-electron chi connectivity index (χ4n) is 8.33. The summed E-state index contributed by atoms with van der Waals surface area (Å²) in [5, 5.41) is 10.2. The van der Waals surface area contributed by atoms with Gasteiger partial charge in [-0.15, -0.1) is 0 Å². The van der Waals surface area contributed by atoms with Crippen molar-refractivity contribution in [2.45, 2.75) is 192 Å². The topological polar surface area (TPSA) is 102 Å². The van der Waals surface area contributed by atoms with Gasteiger partial charge >= 0.3 is 5.97 Å². The van der Waals surface area contributed by atoms with Gasteiger partial charge in [-0.1, -0.05) is 102 Å². The lowest BCUT2D eigenvalue weighted by Gasteiger charge is -2.40. The predicted molar refractivity (Wildman–Crippen MR) is 238 cm³/mol. The van der Waals surface area contributed by atoms with Crippen molar-refractivity contribution < 1.29 is 43.1 Å². The molecule has 2 aliphatic rings. The summed E-state index contributed by atoms with van der Waals surface area (Å²) in [4.78, 5) is 12.6. The zero-order valence-electron chi connectivity index (χ0n) is 37.0. The van der Waals surface area contributed by atoms with E-state index in [9.17, 15) is 9.90 Å². The number of carbonyl (C=O) groups excluding carboxylic acids is 1. The standard InChI is InChI=1S/C51H74O9/c1-5-7-8-13-16-19-49-56-42(6-2)35-47(58-49)37-48-36-46(34-38(3)52)57-50(59-48)20-17-14-11-9-10-12-15-18-33-55-44-27-25-40(26-28-44)39-21-23-41(24-22-39)51(53)60-45-31-29-43(54-4)30-32-45/h21-32,38,42,46-50,52H,5-20,33-37H2,1-4H3. The predicted octanol–water partition coefficient (Wildman–Crippen LogP) is 12.4. The summed E-state index contributed by atoms with van der Waals surface area (Å²) in [7, 11) is 1.60. The van der Waals surface area contributed by atoms with E-state index in [0.717, 1.165) is 81.1 Å². The Hall–Kier alpha value is -3.47. The van der Waals surface area contributed by atoms with Crippen molar-refractivity contribution in [3.63, 3.8) is 0 Å². The van der Waals surface area contributed by atoms with Gasteiger partial charge in [0.2, 0.25) is 0 Å². The van der Waals surface area contributed by atoms with Crippen molar-refractivity contribution in [2.24, 2.45) is 0 Å². The molecule has 0 amide bonds. The monoisotopic (exact) mass is 831 g/mol. The Labute approximate surface area is 360 Å². The fraction of sp³-hybridized carbons (Fsp3) is 0.627. The van der Waals surface area contributed by atoms with Crippen LogP contribution in [0.3, 0.4) is 0 Å². The van der Waals surface area contributed by atoms with Crippen LogP contribution in [0.5, 0.6) is 17.2 Å². The van der Waals surface area contributed by atoms with E-state index in [1.807, 2.05) is 43.3 Å². The van der Waals surface area contributed by atoms with Gasteiger partial charge in [0.1, 0.15) is 17.2 Å². The summed E-state index contributed by atoms with van der Waals surface area (Å²) < 4.78 is 42.4. The van der Waals surface area contributed by atoms with E-state index in [1.165, 1.54) is 57.8 Å². The molecule has 5 rings (SSSR count). The third-order valence-corrected chi connectivity index (χ3v) is 11.7. The summed E-state index contributed by atoms with van der Waals surface area (Å²) >= 11 is 0. The average Bonchev–Trinajstić information content (AvgIpc) is 3.25. The van der Waals surface area contributed by atoms with Crippen molar-refractivity contribution in [1.29, 1.82) is 0 Å². The van der Waals surface area contributed by atoms with Gasteiger partial charge in [0.15, 0.2) is 12.6 Å². The van der Waals surface area contributed by atoms with Gasteiger partial charge in [0, 0.05) is 19.3 Å². The lowest BCUT2D eigenvalue weighted by Crippen LogP contribution is -2.44. The highest BCUT2D eigenvalue weighted by Gasteiger charge is 2.36. The van der Waals surface area contributed by atoms with Crippen LogP contribution in [0.1, 0.15) is 160 Å². The van der Waals surface area contributed by atoms with Crippen molar-refractivity contribution in [3.8, 4) is 28.4 Å². The molecular weight excluding hydrogens is 757 g/mol. The number of methoxy groups -OCH3 is 1. The number of hydrogen-bond donors (Lipinski definition) is 1. The number of benzene rings is 3. The van der Waals surface area contributed by atoms with Crippen molar-refractivity contribution in [3.05, 3.63) is 78.4 Å². The first-order valence-corrected chi connectivity index (χ1v) is 23.3. The van der Waals surface area contributed by atoms with Gasteiger partial charge in [-0.3, -0.25) is 0 Å². The molecule has 2 aliphatic heterocycles. The minimum absolute atomic E-state index is 0.0178. The minimum atomic E-state index is -0.400. The van der Waals surface area contributed by atoms with Crippen molar-refractivity contribution in [1.82, 2.24) is 0 Å². The largest absolute Gasteiger partial charge is 0.497 e. The average molecular weight is 831 g/mol. The van der Waals surface area contributed by atoms with E-state index in [1.54, 1.807) is 43.5 Å². The zero-order chi connectivity index (χ0) is 42.4. The van der Waals surface area contributed by atoms with Gasteiger partial charge in [0.05, 0.1) is 49.8 Å². The third-order valence-electron chi connectivity index (χ3n) is 11.7. The SMILES string of the molecule is CCCCCCCC1OC(CC)CC(CC2CC(CC(C)O)OC(CCCCCCCCCCOc3ccc(-c4ccc(C(=O)Oc5ccc(OC)cc5)cc4)cc3)O2)O1. The number of ether oxygens (including phenoxy) is 7. The second kappa shape index (κ2) is 26.8. The summed E-state index contributed by atoms with van der Waals surface area (Å²) in [5.41, 5.74) is 2.57. The maximum atomic E-state index is 12.6. The number of aliphatic hydroxyl groups excluding tert-OH is 1. The molecule has 0 bridgehead atoms. The minimum Gasteiger partial charge on any atom is -0.497 e. The quantitative estimate of drug-likeness (QED) is 0.0457. The zero-order valence-corrected chi connectivity index (χ0v) is 37.0. The third kappa shape index (κ3) is 17.1. The van der Waals surface area contributed by atoms with Crippen LogP contribution in [0.25, 0.3) is 11.1 Å². The van der Waals surface area contributed by atoms with Crippen molar-refractivity contribution in [2.75, 3.05) is 13.7 Å². The summed E-state index contributed by atoms with van der Waals surface area (Å²) in [6, 6.07) is 22.5. The number of carbonyl (C=O) groups is 1. The molecule has 9 nitrogen and oxygen atoms in total. The van der Waals surface area contributed by atoms with E-state index in [-0.39, 0.29) is 37.0 Å². The molecule has 0 radical (unpaired) electrons. The molecule has 0 aromatic heterocycles. The number of rotatable bonds is 27. The van der Waals surface area contributed by atoms with Crippen LogP contribution in [-0.4, -0.2) is 67.9 Å². The number of aliphatic hydroxyl groups is 1. The van der Waals surface area contributed by atoms with Crippen LogP contribution in [0.15, 0.2) is 72.8 Å². The molecule has 2 heterocycles. The summed E-state index contributed by atoms with van der Waals surface area (Å²) in [6.07, 6.45) is 21.5. The highest BCUT2D eigenvalue weighted by atomic mass is 16.7. The Morgan fingerprint density at radius 1 is 0.617 bits per heavy atom. The molecule has 7 unspecified atom stereocenters. The van der Waals surface area contributed by atoms with Crippen LogP contribution >= 0.6 is 0 Å². The van der Waals surface area contributed by atoms with Crippen molar-refractivity contribution >= 4 is 5.97 Å². The van der Waals surface area contributed by atoms with Gasteiger partial charge in [-0.2, -0.15) is 0 Å². The van der Waals surface area contributed by atoms with Crippen LogP contribution in [0.2, 0.25) is 0 Å². The van der Waals surface area contributed by atoms with E-state index in [2.05, 4.69) is 13.8 Å². The molecule has 3 aromatic rings. The second-order valence-electron chi connectivity index (χ2n) is 16.9. The highest BCUT2D eigenvalue weighted by molar-refractivity contribution is 5.91. The van der Waals surface area contributed by atoms with Gasteiger partial charge < -0.3 is 38.3 Å². The summed E-state index contributed by atoms with van der Waals surface area (Å²) in [5.74, 6) is 1.65. The maximum absolute atomic E-state index is 12.6. The van der Waals surface area contributed by atoms with E-state index >= 15 is 0 Å². The van der Waals surface area contributed by atoms with Gasteiger partial charge in [-0.25, -0.2) is 4.79 Å². The lowest BCUT2D eigenvalue weighted by molar-refractivity contribution is -0.275. The van der Waals surface area contributed by atoms with Crippen LogP contribution in [0, 0.1) is 0 Å². The Morgan fingerprint density at radius 3 is 1.67 bits per heavy atom. The Bertz CT molecular complexity index is 1590. The molecule has 332 valence electrons. The molecule has 1 N–H and O–H groups in total. The smallest absolute Gasteiger partial charge is 0.343 e. The number of hydrogen-bond acceptors (Lipinski definition) is 9. The summed E-state index contributed by atoms with van der Waals surface area (Å²) in [6.45, 7) is 7.02. The Balaban J connectivity index is 0.916. The Morgan fingerprint density at radius 2 is 1.10 bits per heavy atom. The van der Waals surface area contributed by atoms with Crippen LogP contribution < -0.4 is 14.2 Å². The molecule has 0 saturated carbocycles. The molecule has 3 aromatic carbocycles. The van der Waals surface area contributed by atoms with Crippen LogP contribution in [-0.2, 0) is 18.9 Å². The maximum Gasteiger partial charge on any atom is 0.343 e. The lowest BCUT2D eigenvalue weighted by atomic mass is 9.96. The first-order valence-electron chi connectivity index (χ1n) is 23.3. The molecule has 60 heavy (non-hydrogen) atoms. The van der Waals surface area contributed by atoms with E-state index < -0.39 is 12.1 Å². The van der Waals surface area contributed by atoms with Gasteiger partial charge in [0.25, 0.3) is 0 Å². The molecule has 2 fully saturated rings. The normalized spacial score (nSPS) is 22.3. The fourth-order valence-corrected chi connectivity index (χ4v) is 8.33. The highest BCUT2D eigenvalue weighted by Crippen LogP contribution is 2.33. The van der Waals surface area contributed by atoms with Gasteiger partial charge in [-0.05, 0) is 112 Å². The number of unbranched alkanes of at least 4 members (excludes halogenated alkanes) is 11. The van der Waals surface area contributed by atoms with Crippen LogP contribution in [0.4, 0.5) is 0 Å². The molecule has 7 atom stereocenters. The molecule has 2 saturated heterocycles. The first-order chi connectivity index (χ1) is 29.3. The van der Waals surface area contributed by atoms with E-state index in [4.69, 9.17) is 33.2 Å². The van der Waals surface area contributed by atoms with E-state index in [0.29, 0.717) is 30.1 Å². The molecule has 0 aliphatic carbocycles.